The van der Waals surface area contributed by atoms with Crippen LogP contribution in [-0.4, -0.2) is 34.2 Å². The van der Waals surface area contributed by atoms with Crippen LogP contribution in [0, 0.1) is 5.92 Å². The highest BCUT2D eigenvalue weighted by molar-refractivity contribution is 5.31. The Kier molecular flexibility index (Phi) is 3.41. The highest BCUT2D eigenvalue weighted by Gasteiger charge is 2.23. The maximum atomic E-state index is 9.65. The van der Waals surface area contributed by atoms with Crippen molar-refractivity contribution in [2.24, 2.45) is 5.92 Å². The lowest BCUT2D eigenvalue weighted by Crippen LogP contribution is -2.41. The fraction of sp³-hybridized carbons (Fsp3) is 0.583. The van der Waals surface area contributed by atoms with Crippen LogP contribution in [0.5, 0.6) is 0 Å². The number of nitrogens with two attached hydrogens (primary N) is 1. The van der Waals surface area contributed by atoms with Gasteiger partial charge in [-0.1, -0.05) is 6.92 Å². The van der Waals surface area contributed by atoms with Crippen molar-refractivity contribution in [2.75, 3.05) is 18.8 Å². The average molecular weight is 221 g/mol. The van der Waals surface area contributed by atoms with Crippen LogP contribution in [0.1, 0.15) is 18.9 Å². The topological polar surface area (TPSA) is 62.4 Å². The predicted octanol–water partition coefficient (Wildman–Crippen LogP) is 0.867. The zero-order chi connectivity index (χ0) is 11.5. The number of hydrogen-bond donors (Lipinski definition) is 2. The molecule has 2 unspecified atom stereocenters. The first kappa shape index (κ1) is 11.4. The number of nitrogen functional groups attached to an aromatic ring is 1. The molecule has 1 aromatic rings. The molecule has 0 aliphatic carbocycles. The van der Waals surface area contributed by atoms with Gasteiger partial charge in [0.2, 0.25) is 0 Å². The van der Waals surface area contributed by atoms with Crippen LogP contribution in [0.2, 0.25) is 0 Å². The molecule has 0 saturated carbocycles. The summed E-state index contributed by atoms with van der Waals surface area (Å²) < 4.78 is 0. The van der Waals surface area contributed by atoms with Crippen molar-refractivity contribution in [1.29, 1.82) is 0 Å². The van der Waals surface area contributed by atoms with Crippen LogP contribution in [-0.2, 0) is 6.54 Å². The third-order valence-corrected chi connectivity index (χ3v) is 3.20. The minimum absolute atomic E-state index is 0.140. The monoisotopic (exact) mass is 221 g/mol. The first-order valence-electron chi connectivity index (χ1n) is 5.76. The molecule has 4 heteroatoms. The summed E-state index contributed by atoms with van der Waals surface area (Å²) >= 11 is 0. The van der Waals surface area contributed by atoms with E-state index >= 15 is 0 Å². The molecule has 0 spiro atoms. The van der Waals surface area contributed by atoms with Gasteiger partial charge in [-0.2, -0.15) is 0 Å². The summed E-state index contributed by atoms with van der Waals surface area (Å²) in [5, 5.41) is 9.65. The largest absolute Gasteiger partial charge is 0.393 e. The van der Waals surface area contributed by atoms with Crippen LogP contribution < -0.4 is 5.73 Å². The lowest BCUT2D eigenvalue weighted by atomic mass is 9.96. The standard InChI is InChI=1S/C12H19N3O/c1-9-7-15(5-3-11(9)16)8-10-2-4-14-12(13)6-10/h2,4,6,9,11,16H,3,5,7-8H2,1H3,(H2,13,14). The number of aromatic nitrogens is 1. The van der Waals surface area contributed by atoms with Crippen molar-refractivity contribution >= 4 is 5.82 Å². The van der Waals surface area contributed by atoms with Crippen molar-refractivity contribution in [2.45, 2.75) is 26.0 Å². The van der Waals surface area contributed by atoms with E-state index in [1.165, 1.54) is 5.56 Å². The maximum absolute atomic E-state index is 9.65. The molecule has 0 amide bonds. The van der Waals surface area contributed by atoms with Gasteiger partial charge in [0.25, 0.3) is 0 Å². The Morgan fingerprint density at radius 3 is 3.12 bits per heavy atom. The fourth-order valence-electron chi connectivity index (χ4n) is 2.21. The van der Waals surface area contributed by atoms with Crippen molar-refractivity contribution < 1.29 is 5.11 Å². The Bertz CT molecular complexity index is 356. The van der Waals surface area contributed by atoms with Crippen LogP contribution >= 0.6 is 0 Å². The van der Waals surface area contributed by atoms with Gasteiger partial charge in [-0.05, 0) is 30.0 Å². The molecule has 2 rings (SSSR count). The minimum Gasteiger partial charge on any atom is -0.393 e. The molecule has 1 saturated heterocycles. The third-order valence-electron chi connectivity index (χ3n) is 3.20. The Hall–Kier alpha value is -1.13. The summed E-state index contributed by atoms with van der Waals surface area (Å²) in [5.41, 5.74) is 6.83. The lowest BCUT2D eigenvalue weighted by Gasteiger charge is -2.34. The number of anilines is 1. The number of aliphatic hydroxyl groups is 1. The predicted molar refractivity (Wildman–Crippen MR) is 63.7 cm³/mol. The van der Waals surface area contributed by atoms with Crippen LogP contribution in [0.3, 0.4) is 0 Å². The zero-order valence-electron chi connectivity index (χ0n) is 9.63. The number of rotatable bonds is 2. The van der Waals surface area contributed by atoms with Gasteiger partial charge in [-0.25, -0.2) is 4.98 Å². The van der Waals surface area contributed by atoms with Crippen molar-refractivity contribution in [1.82, 2.24) is 9.88 Å². The Morgan fingerprint density at radius 1 is 1.62 bits per heavy atom. The second-order valence-corrected chi connectivity index (χ2v) is 4.66. The molecular weight excluding hydrogens is 202 g/mol. The first-order chi connectivity index (χ1) is 7.65. The molecule has 2 atom stereocenters. The van der Waals surface area contributed by atoms with Crippen molar-refractivity contribution in [3.8, 4) is 0 Å². The minimum atomic E-state index is -0.140. The van der Waals surface area contributed by atoms with Crippen LogP contribution in [0.25, 0.3) is 0 Å². The molecule has 0 radical (unpaired) electrons. The Morgan fingerprint density at radius 2 is 2.44 bits per heavy atom. The van der Waals surface area contributed by atoms with E-state index in [1.807, 2.05) is 12.1 Å². The SMILES string of the molecule is CC1CN(Cc2ccnc(N)c2)CCC1O. The quantitative estimate of drug-likeness (QED) is 0.777. The van der Waals surface area contributed by atoms with E-state index in [0.29, 0.717) is 11.7 Å². The van der Waals surface area contributed by atoms with Gasteiger partial charge in [0.05, 0.1) is 6.10 Å². The molecule has 2 heterocycles. The van der Waals surface area contributed by atoms with Gasteiger partial charge in [0.15, 0.2) is 0 Å². The normalized spacial score (nSPS) is 26.9. The summed E-state index contributed by atoms with van der Waals surface area (Å²) in [6, 6.07) is 3.90. The Labute approximate surface area is 96.1 Å². The molecular formula is C12H19N3O. The summed E-state index contributed by atoms with van der Waals surface area (Å²) in [5.74, 6) is 0.926. The van der Waals surface area contributed by atoms with Gasteiger partial charge < -0.3 is 10.8 Å². The summed E-state index contributed by atoms with van der Waals surface area (Å²) in [7, 11) is 0. The van der Waals surface area contributed by atoms with Gasteiger partial charge in [0, 0.05) is 25.8 Å². The summed E-state index contributed by atoms with van der Waals surface area (Å²) in [6.07, 6.45) is 2.47. The molecule has 1 aromatic heterocycles. The third kappa shape index (κ3) is 2.71. The summed E-state index contributed by atoms with van der Waals surface area (Å²) in [6.45, 7) is 4.89. The number of nitrogens with zero attached hydrogens (tertiary/aromatic N) is 2. The van der Waals surface area contributed by atoms with E-state index in [0.717, 1.165) is 26.1 Å². The zero-order valence-corrected chi connectivity index (χ0v) is 9.63. The molecule has 1 aliphatic heterocycles. The highest BCUT2D eigenvalue weighted by Crippen LogP contribution is 2.18. The van der Waals surface area contributed by atoms with Crippen LogP contribution in [0.15, 0.2) is 18.3 Å². The second kappa shape index (κ2) is 4.80. The van der Waals surface area contributed by atoms with Crippen LogP contribution in [0.4, 0.5) is 5.82 Å². The van der Waals surface area contributed by atoms with Gasteiger partial charge in [-0.15, -0.1) is 0 Å². The molecule has 0 bridgehead atoms. The first-order valence-corrected chi connectivity index (χ1v) is 5.76. The number of hydrogen-bond acceptors (Lipinski definition) is 4. The van der Waals surface area contributed by atoms with Crippen molar-refractivity contribution in [3.05, 3.63) is 23.9 Å². The van der Waals surface area contributed by atoms with E-state index in [9.17, 15) is 5.11 Å². The molecule has 3 N–H and O–H groups in total. The maximum Gasteiger partial charge on any atom is 0.123 e. The van der Waals surface area contributed by atoms with E-state index in [1.54, 1.807) is 6.20 Å². The smallest absolute Gasteiger partial charge is 0.123 e. The average Bonchev–Trinajstić information content (AvgIpc) is 2.24. The molecule has 4 nitrogen and oxygen atoms in total. The Balaban J connectivity index is 1.95. The second-order valence-electron chi connectivity index (χ2n) is 4.66. The highest BCUT2D eigenvalue weighted by atomic mass is 16.3. The lowest BCUT2D eigenvalue weighted by molar-refractivity contribution is 0.0320. The summed E-state index contributed by atoms with van der Waals surface area (Å²) in [4.78, 5) is 6.33. The van der Waals surface area contributed by atoms with E-state index < -0.39 is 0 Å². The number of aliphatic hydroxyl groups excluding tert-OH is 1. The van der Waals surface area contributed by atoms with Gasteiger partial charge in [0.1, 0.15) is 5.82 Å². The fourth-order valence-corrected chi connectivity index (χ4v) is 2.21. The number of pyridine rings is 1. The molecule has 1 fully saturated rings. The van der Waals surface area contributed by atoms with E-state index in [-0.39, 0.29) is 6.10 Å². The molecule has 0 aromatic carbocycles. The van der Waals surface area contributed by atoms with E-state index in [4.69, 9.17) is 5.73 Å². The molecule has 1 aliphatic rings. The number of likely N-dealkylation sites (tertiary alicyclic amines) is 1. The number of piperidine rings is 1. The molecule has 88 valence electrons. The van der Waals surface area contributed by atoms with Crippen molar-refractivity contribution in [3.63, 3.8) is 0 Å². The van der Waals surface area contributed by atoms with Gasteiger partial charge >= 0.3 is 0 Å². The van der Waals surface area contributed by atoms with E-state index in [2.05, 4.69) is 16.8 Å². The van der Waals surface area contributed by atoms with Gasteiger partial charge in [-0.3, -0.25) is 4.90 Å². The molecule has 16 heavy (non-hydrogen) atoms.